The van der Waals surface area contributed by atoms with Gasteiger partial charge in [0.2, 0.25) is 5.91 Å². The van der Waals surface area contributed by atoms with Crippen LogP contribution >= 0.6 is 12.4 Å². The molecule has 4 nitrogen and oxygen atoms in total. The molecule has 1 aliphatic heterocycles. The molecule has 16 heavy (non-hydrogen) atoms. The Morgan fingerprint density at radius 3 is 2.50 bits per heavy atom. The number of hydrogen-bond donors (Lipinski definition) is 1. The van der Waals surface area contributed by atoms with Crippen LogP contribution in [0.5, 0.6) is 0 Å². The van der Waals surface area contributed by atoms with Crippen molar-refractivity contribution < 1.29 is 4.79 Å². The Morgan fingerprint density at radius 2 is 1.94 bits per heavy atom. The average Bonchev–Trinajstić information content (AvgIpc) is 2.27. The van der Waals surface area contributed by atoms with Crippen molar-refractivity contribution in [3.63, 3.8) is 0 Å². The maximum Gasteiger partial charge on any atom is 0.223 e. The maximum absolute atomic E-state index is 11.8. The van der Waals surface area contributed by atoms with Gasteiger partial charge in [-0.1, -0.05) is 6.92 Å². The molecule has 0 saturated carbocycles. The minimum atomic E-state index is 0. The summed E-state index contributed by atoms with van der Waals surface area (Å²) in [6.45, 7) is 7.75. The summed E-state index contributed by atoms with van der Waals surface area (Å²) in [6, 6.07) is 0. The second kappa shape index (κ2) is 8.79. The van der Waals surface area contributed by atoms with Crippen LogP contribution in [0.15, 0.2) is 0 Å². The summed E-state index contributed by atoms with van der Waals surface area (Å²) in [5.41, 5.74) is 0. The van der Waals surface area contributed by atoms with Gasteiger partial charge in [0.1, 0.15) is 0 Å². The van der Waals surface area contributed by atoms with Gasteiger partial charge in [-0.3, -0.25) is 4.79 Å². The van der Waals surface area contributed by atoms with E-state index in [0.29, 0.717) is 12.3 Å². The predicted molar refractivity (Wildman–Crippen MR) is 69.1 cm³/mol. The number of carbonyl (C=O) groups is 1. The van der Waals surface area contributed by atoms with Crippen molar-refractivity contribution >= 4 is 18.3 Å². The lowest BCUT2D eigenvalue weighted by atomic mass is 10.3. The SMILES string of the molecule is CCCN(C)CCC(=O)N1CCNCC1.Cl. The molecule has 1 heterocycles. The molecule has 1 rings (SSSR count). The molecule has 0 aromatic carbocycles. The first kappa shape index (κ1) is 15.7. The van der Waals surface area contributed by atoms with Crippen molar-refractivity contribution in [1.29, 1.82) is 0 Å². The number of halogens is 1. The van der Waals surface area contributed by atoms with Gasteiger partial charge in [0.05, 0.1) is 0 Å². The minimum Gasteiger partial charge on any atom is -0.340 e. The lowest BCUT2D eigenvalue weighted by Gasteiger charge is -2.28. The van der Waals surface area contributed by atoms with Crippen LogP contribution in [0, 0.1) is 0 Å². The molecule has 1 amide bonds. The first-order chi connectivity index (χ1) is 7.24. The highest BCUT2D eigenvalue weighted by Crippen LogP contribution is 1.98. The maximum atomic E-state index is 11.8. The second-order valence-corrected chi connectivity index (χ2v) is 4.18. The zero-order valence-corrected chi connectivity index (χ0v) is 11.2. The van der Waals surface area contributed by atoms with Gasteiger partial charge < -0.3 is 15.1 Å². The van der Waals surface area contributed by atoms with Gasteiger partial charge in [-0.05, 0) is 20.0 Å². The first-order valence-corrected chi connectivity index (χ1v) is 5.91. The fourth-order valence-corrected chi connectivity index (χ4v) is 1.85. The number of nitrogens with one attached hydrogen (secondary N) is 1. The highest BCUT2D eigenvalue weighted by molar-refractivity contribution is 5.85. The third-order valence-electron chi connectivity index (χ3n) is 2.78. The Balaban J connectivity index is 0.00000225. The van der Waals surface area contributed by atoms with Gasteiger partial charge in [-0.15, -0.1) is 12.4 Å². The van der Waals surface area contributed by atoms with Crippen LogP contribution in [0.1, 0.15) is 19.8 Å². The van der Waals surface area contributed by atoms with Crippen molar-refractivity contribution in [1.82, 2.24) is 15.1 Å². The molecular weight excluding hydrogens is 226 g/mol. The molecule has 1 N–H and O–H groups in total. The van der Waals surface area contributed by atoms with E-state index in [0.717, 1.165) is 45.7 Å². The van der Waals surface area contributed by atoms with Crippen LogP contribution in [-0.2, 0) is 4.79 Å². The van der Waals surface area contributed by atoms with Crippen LogP contribution < -0.4 is 5.32 Å². The van der Waals surface area contributed by atoms with Crippen LogP contribution in [-0.4, -0.2) is 62.0 Å². The zero-order valence-electron chi connectivity index (χ0n) is 10.4. The number of rotatable bonds is 5. The number of carbonyl (C=O) groups excluding carboxylic acids is 1. The smallest absolute Gasteiger partial charge is 0.223 e. The lowest BCUT2D eigenvalue weighted by molar-refractivity contribution is -0.132. The molecule has 0 bridgehead atoms. The van der Waals surface area contributed by atoms with Gasteiger partial charge in [0.25, 0.3) is 0 Å². The largest absolute Gasteiger partial charge is 0.340 e. The summed E-state index contributed by atoms with van der Waals surface area (Å²) >= 11 is 0. The third kappa shape index (κ3) is 5.68. The van der Waals surface area contributed by atoms with Crippen LogP contribution in [0.3, 0.4) is 0 Å². The molecule has 96 valence electrons. The number of amides is 1. The van der Waals surface area contributed by atoms with E-state index in [1.807, 2.05) is 4.90 Å². The predicted octanol–water partition coefficient (Wildman–Crippen LogP) is 0.572. The van der Waals surface area contributed by atoms with Gasteiger partial charge >= 0.3 is 0 Å². The molecule has 1 aliphatic rings. The molecule has 0 radical (unpaired) electrons. The van der Waals surface area contributed by atoms with Crippen LogP contribution in [0.2, 0.25) is 0 Å². The summed E-state index contributed by atoms with van der Waals surface area (Å²) in [4.78, 5) is 16.0. The minimum absolute atomic E-state index is 0. The molecular formula is C11H24ClN3O. The molecule has 0 aliphatic carbocycles. The van der Waals surface area contributed by atoms with Gasteiger partial charge in [0, 0.05) is 39.1 Å². The normalized spacial score (nSPS) is 16.1. The summed E-state index contributed by atoms with van der Waals surface area (Å²) in [7, 11) is 2.08. The monoisotopic (exact) mass is 249 g/mol. The van der Waals surface area contributed by atoms with Crippen molar-refractivity contribution in [2.24, 2.45) is 0 Å². The fourth-order valence-electron chi connectivity index (χ4n) is 1.85. The molecule has 0 unspecified atom stereocenters. The topological polar surface area (TPSA) is 35.6 Å². The van der Waals surface area contributed by atoms with Gasteiger partial charge in [0.15, 0.2) is 0 Å². The quantitative estimate of drug-likeness (QED) is 0.774. The van der Waals surface area contributed by atoms with E-state index in [1.165, 1.54) is 0 Å². The average molecular weight is 250 g/mol. The second-order valence-electron chi connectivity index (χ2n) is 4.18. The molecule has 0 atom stereocenters. The fraction of sp³-hybridized carbons (Fsp3) is 0.909. The van der Waals surface area contributed by atoms with Gasteiger partial charge in [-0.2, -0.15) is 0 Å². The number of piperazine rings is 1. The molecule has 1 saturated heterocycles. The van der Waals surface area contributed by atoms with E-state index >= 15 is 0 Å². The van der Waals surface area contributed by atoms with Crippen LogP contribution in [0.4, 0.5) is 0 Å². The summed E-state index contributed by atoms with van der Waals surface area (Å²) in [6.07, 6.45) is 1.81. The Hall–Kier alpha value is -0.320. The summed E-state index contributed by atoms with van der Waals surface area (Å²) in [5.74, 6) is 0.305. The van der Waals surface area contributed by atoms with Crippen molar-refractivity contribution in [3.05, 3.63) is 0 Å². The number of hydrogen-bond acceptors (Lipinski definition) is 3. The summed E-state index contributed by atoms with van der Waals surface area (Å²) in [5, 5.41) is 3.25. The van der Waals surface area contributed by atoms with Crippen molar-refractivity contribution in [2.75, 3.05) is 46.3 Å². The molecule has 5 heteroatoms. The van der Waals surface area contributed by atoms with E-state index in [1.54, 1.807) is 0 Å². The Labute approximate surface area is 105 Å². The number of nitrogens with zero attached hydrogens (tertiary/aromatic N) is 2. The first-order valence-electron chi connectivity index (χ1n) is 5.91. The summed E-state index contributed by atoms with van der Waals surface area (Å²) < 4.78 is 0. The highest BCUT2D eigenvalue weighted by atomic mass is 35.5. The van der Waals surface area contributed by atoms with E-state index in [4.69, 9.17) is 0 Å². The van der Waals surface area contributed by atoms with E-state index in [9.17, 15) is 4.79 Å². The third-order valence-corrected chi connectivity index (χ3v) is 2.78. The van der Waals surface area contributed by atoms with Crippen molar-refractivity contribution in [2.45, 2.75) is 19.8 Å². The Bertz CT molecular complexity index is 196. The molecule has 0 aromatic rings. The van der Waals surface area contributed by atoms with E-state index < -0.39 is 0 Å². The van der Waals surface area contributed by atoms with E-state index in [2.05, 4.69) is 24.2 Å². The zero-order chi connectivity index (χ0) is 11.1. The van der Waals surface area contributed by atoms with Gasteiger partial charge in [-0.25, -0.2) is 0 Å². The molecule has 0 spiro atoms. The highest BCUT2D eigenvalue weighted by Gasteiger charge is 2.15. The Morgan fingerprint density at radius 1 is 1.31 bits per heavy atom. The molecule has 0 aromatic heterocycles. The lowest BCUT2D eigenvalue weighted by Crippen LogP contribution is -2.47. The van der Waals surface area contributed by atoms with Crippen molar-refractivity contribution in [3.8, 4) is 0 Å². The molecule has 1 fully saturated rings. The van der Waals surface area contributed by atoms with Crippen LogP contribution in [0.25, 0.3) is 0 Å². The standard InChI is InChI=1S/C11H23N3O.ClH/c1-3-7-13(2)8-4-11(15)14-9-5-12-6-10-14;/h12H,3-10H2,1-2H3;1H. The Kier molecular flexibility index (Phi) is 8.61. The van der Waals surface area contributed by atoms with E-state index in [-0.39, 0.29) is 12.4 Å².